The van der Waals surface area contributed by atoms with E-state index in [4.69, 9.17) is 5.73 Å². The second kappa shape index (κ2) is 4.71. The van der Waals surface area contributed by atoms with Crippen molar-refractivity contribution in [3.63, 3.8) is 0 Å². The van der Waals surface area contributed by atoms with E-state index in [-0.39, 0.29) is 6.04 Å². The van der Waals surface area contributed by atoms with Gasteiger partial charge in [0.15, 0.2) is 0 Å². The summed E-state index contributed by atoms with van der Waals surface area (Å²) in [5.41, 5.74) is 7.16. The van der Waals surface area contributed by atoms with Crippen LogP contribution in [0.4, 0.5) is 0 Å². The van der Waals surface area contributed by atoms with Crippen molar-refractivity contribution in [3.05, 3.63) is 24.3 Å². The van der Waals surface area contributed by atoms with Crippen LogP contribution >= 0.6 is 0 Å². The monoisotopic (exact) mass is 205 g/mol. The van der Waals surface area contributed by atoms with Crippen molar-refractivity contribution in [2.24, 2.45) is 17.6 Å². The highest BCUT2D eigenvalue weighted by molar-refractivity contribution is 5.04. The Labute approximate surface area is 91.1 Å². The minimum absolute atomic E-state index is 0.0789. The maximum absolute atomic E-state index is 6.21. The van der Waals surface area contributed by atoms with Crippen molar-refractivity contribution in [1.82, 2.24) is 9.97 Å². The number of nitrogens with zero attached hydrogens (tertiary/aromatic N) is 2. The van der Waals surface area contributed by atoms with E-state index in [2.05, 4.69) is 16.9 Å². The van der Waals surface area contributed by atoms with E-state index in [1.807, 2.05) is 0 Å². The zero-order valence-electron chi connectivity index (χ0n) is 9.26. The van der Waals surface area contributed by atoms with E-state index in [0.29, 0.717) is 5.92 Å². The molecule has 3 atom stereocenters. The molecule has 0 aliphatic heterocycles. The Morgan fingerprint density at radius 2 is 2.33 bits per heavy atom. The average molecular weight is 205 g/mol. The van der Waals surface area contributed by atoms with Gasteiger partial charge in [-0.2, -0.15) is 0 Å². The minimum atomic E-state index is 0.0789. The Morgan fingerprint density at radius 3 is 2.93 bits per heavy atom. The lowest BCUT2D eigenvalue weighted by molar-refractivity contribution is 0.409. The predicted molar refractivity (Wildman–Crippen MR) is 60.1 cm³/mol. The fourth-order valence-electron chi connectivity index (χ4n) is 2.53. The summed E-state index contributed by atoms with van der Waals surface area (Å²) in [6, 6.07) is 0.0789. The van der Waals surface area contributed by atoms with Crippen molar-refractivity contribution in [2.45, 2.75) is 38.6 Å². The molecule has 0 aromatic carbocycles. The molecule has 0 bridgehead atoms. The first-order valence-corrected chi connectivity index (χ1v) is 5.82. The molecule has 1 aromatic heterocycles. The number of nitrogens with two attached hydrogens (primary N) is 1. The Kier molecular flexibility index (Phi) is 3.31. The molecule has 1 heterocycles. The summed E-state index contributed by atoms with van der Waals surface area (Å²) in [5, 5.41) is 0. The van der Waals surface area contributed by atoms with Gasteiger partial charge < -0.3 is 5.73 Å². The fourth-order valence-corrected chi connectivity index (χ4v) is 2.53. The van der Waals surface area contributed by atoms with Gasteiger partial charge in [0.05, 0.1) is 11.7 Å². The lowest BCUT2D eigenvalue weighted by Crippen LogP contribution is -2.20. The van der Waals surface area contributed by atoms with Crippen LogP contribution < -0.4 is 5.73 Å². The molecule has 15 heavy (non-hydrogen) atoms. The summed E-state index contributed by atoms with van der Waals surface area (Å²) in [6.07, 6.45) is 10.3. The van der Waals surface area contributed by atoms with Crippen LogP contribution in [0.5, 0.6) is 0 Å². The second-order valence-electron chi connectivity index (χ2n) is 4.50. The Balaban J connectivity index is 2.00. The van der Waals surface area contributed by atoms with Crippen molar-refractivity contribution < 1.29 is 0 Å². The van der Waals surface area contributed by atoms with E-state index >= 15 is 0 Å². The summed E-state index contributed by atoms with van der Waals surface area (Å²) in [4.78, 5) is 8.36. The van der Waals surface area contributed by atoms with E-state index in [1.54, 1.807) is 18.6 Å². The molecular formula is C12H19N3. The molecule has 0 saturated heterocycles. The first-order chi connectivity index (χ1) is 7.31. The van der Waals surface area contributed by atoms with Gasteiger partial charge in [-0.1, -0.05) is 19.8 Å². The van der Waals surface area contributed by atoms with E-state index in [0.717, 1.165) is 11.6 Å². The molecule has 1 aromatic rings. The maximum Gasteiger partial charge on any atom is 0.0756 e. The molecule has 3 unspecified atom stereocenters. The van der Waals surface area contributed by atoms with Crippen molar-refractivity contribution in [1.29, 1.82) is 0 Å². The van der Waals surface area contributed by atoms with Crippen LogP contribution in [0.1, 0.15) is 44.3 Å². The molecule has 3 nitrogen and oxygen atoms in total. The van der Waals surface area contributed by atoms with Crippen molar-refractivity contribution in [3.8, 4) is 0 Å². The molecular weight excluding hydrogens is 186 g/mol. The molecule has 1 aliphatic carbocycles. The standard InChI is InChI=1S/C12H19N3/c1-2-9-3-4-10(7-9)12(13)11-8-14-5-6-15-11/h5-6,8-10,12H,2-4,7,13H2,1H3. The quantitative estimate of drug-likeness (QED) is 0.823. The largest absolute Gasteiger partial charge is 0.322 e. The first kappa shape index (κ1) is 10.6. The molecule has 1 aliphatic rings. The topological polar surface area (TPSA) is 51.8 Å². The highest BCUT2D eigenvalue weighted by atomic mass is 14.8. The fraction of sp³-hybridized carbons (Fsp3) is 0.667. The SMILES string of the molecule is CCC1CCC(C(N)c2cnccn2)C1. The zero-order valence-corrected chi connectivity index (χ0v) is 9.26. The lowest BCUT2D eigenvalue weighted by Gasteiger charge is -2.18. The molecule has 82 valence electrons. The smallest absolute Gasteiger partial charge is 0.0756 e. The number of rotatable bonds is 3. The normalized spacial score (nSPS) is 27.9. The summed E-state index contributed by atoms with van der Waals surface area (Å²) in [6.45, 7) is 2.26. The zero-order chi connectivity index (χ0) is 10.7. The predicted octanol–water partition coefficient (Wildman–Crippen LogP) is 2.30. The van der Waals surface area contributed by atoms with Gasteiger partial charge in [-0.05, 0) is 24.7 Å². The minimum Gasteiger partial charge on any atom is -0.322 e. The first-order valence-electron chi connectivity index (χ1n) is 5.82. The van der Waals surface area contributed by atoms with Crippen LogP contribution in [0.15, 0.2) is 18.6 Å². The van der Waals surface area contributed by atoms with Gasteiger partial charge in [-0.3, -0.25) is 9.97 Å². The number of hydrogen-bond acceptors (Lipinski definition) is 3. The van der Waals surface area contributed by atoms with Gasteiger partial charge in [0.25, 0.3) is 0 Å². The molecule has 2 N–H and O–H groups in total. The van der Waals surface area contributed by atoms with Crippen LogP contribution in [0.25, 0.3) is 0 Å². The number of hydrogen-bond donors (Lipinski definition) is 1. The van der Waals surface area contributed by atoms with Crippen LogP contribution in [-0.2, 0) is 0 Å². The second-order valence-corrected chi connectivity index (χ2v) is 4.50. The van der Waals surface area contributed by atoms with Gasteiger partial charge >= 0.3 is 0 Å². The third kappa shape index (κ3) is 2.34. The molecule has 1 fully saturated rings. The van der Waals surface area contributed by atoms with Crippen molar-refractivity contribution >= 4 is 0 Å². The van der Waals surface area contributed by atoms with Crippen LogP contribution in [0.2, 0.25) is 0 Å². The van der Waals surface area contributed by atoms with E-state index < -0.39 is 0 Å². The Hall–Kier alpha value is -0.960. The van der Waals surface area contributed by atoms with Crippen molar-refractivity contribution in [2.75, 3.05) is 0 Å². The van der Waals surface area contributed by atoms with Gasteiger partial charge in [0.2, 0.25) is 0 Å². The maximum atomic E-state index is 6.21. The van der Waals surface area contributed by atoms with Gasteiger partial charge in [-0.25, -0.2) is 0 Å². The number of aromatic nitrogens is 2. The molecule has 1 saturated carbocycles. The average Bonchev–Trinajstić information content (AvgIpc) is 2.78. The molecule has 0 amide bonds. The highest BCUT2D eigenvalue weighted by Gasteiger charge is 2.29. The highest BCUT2D eigenvalue weighted by Crippen LogP contribution is 2.38. The third-order valence-electron chi connectivity index (χ3n) is 3.59. The van der Waals surface area contributed by atoms with Gasteiger partial charge in [0, 0.05) is 18.6 Å². The third-order valence-corrected chi connectivity index (χ3v) is 3.59. The Morgan fingerprint density at radius 1 is 1.47 bits per heavy atom. The van der Waals surface area contributed by atoms with Crippen LogP contribution in [-0.4, -0.2) is 9.97 Å². The summed E-state index contributed by atoms with van der Waals surface area (Å²) in [5.74, 6) is 1.48. The summed E-state index contributed by atoms with van der Waals surface area (Å²) >= 11 is 0. The Bertz CT molecular complexity index is 299. The van der Waals surface area contributed by atoms with E-state index in [1.165, 1.54) is 25.7 Å². The molecule has 0 spiro atoms. The van der Waals surface area contributed by atoms with Gasteiger partial charge in [0.1, 0.15) is 0 Å². The summed E-state index contributed by atoms with van der Waals surface area (Å²) < 4.78 is 0. The molecule has 3 heteroatoms. The summed E-state index contributed by atoms with van der Waals surface area (Å²) in [7, 11) is 0. The van der Waals surface area contributed by atoms with Crippen LogP contribution in [0.3, 0.4) is 0 Å². The molecule has 0 radical (unpaired) electrons. The van der Waals surface area contributed by atoms with E-state index in [9.17, 15) is 0 Å². The lowest BCUT2D eigenvalue weighted by atomic mass is 9.94. The van der Waals surface area contributed by atoms with Gasteiger partial charge in [-0.15, -0.1) is 0 Å². The molecule has 2 rings (SSSR count). The van der Waals surface area contributed by atoms with Crippen LogP contribution in [0, 0.1) is 11.8 Å².